The maximum atomic E-state index is 10.5. The Balaban J connectivity index is 1.06. The van der Waals surface area contributed by atoms with E-state index in [1.165, 1.54) is 0 Å². The lowest BCUT2D eigenvalue weighted by Crippen LogP contribution is -2.61. The Kier molecular flexibility index (Phi) is 14.7. The first-order chi connectivity index (χ1) is 67.2. The predicted molar refractivity (Wildman–Crippen MR) is 533 cm³/mol. The molecule has 125 heavy (non-hydrogen) atoms. The average molecular weight is 1640 g/mol. The molecule has 0 spiro atoms. The van der Waals surface area contributed by atoms with Gasteiger partial charge in [-0.25, -0.2) is 15.0 Å². The number of rotatable bonds is 11. The number of para-hydroxylation sites is 2. The molecule has 0 unspecified atom stereocenters. The third kappa shape index (κ3) is 14.1. The second-order valence-electron chi connectivity index (χ2n) is 39.6. The van der Waals surface area contributed by atoms with Gasteiger partial charge in [0.2, 0.25) is 0 Å². The fourth-order valence-corrected chi connectivity index (χ4v) is 18.2. The van der Waals surface area contributed by atoms with Crippen LogP contribution in [-0.2, 0) is 32.5 Å². The Hall–Kier alpha value is -13.4. The molecule has 0 fully saturated rings. The molecule has 18 aromatic rings. The van der Waals surface area contributed by atoms with Gasteiger partial charge >= 0.3 is 0 Å². The normalized spacial score (nSPS) is 15.2. The molecule has 0 radical (unpaired) electrons. The minimum atomic E-state index is -0.842. The van der Waals surface area contributed by atoms with Gasteiger partial charge in [0.25, 0.3) is 6.71 Å². The number of nitrogens with zero attached hydrogens (tertiary/aromatic N) is 7. The van der Waals surface area contributed by atoms with Gasteiger partial charge < -0.3 is 18.9 Å². The van der Waals surface area contributed by atoms with E-state index >= 15 is 0 Å². The molecular weight excluding hydrogens is 1510 g/mol. The zero-order chi connectivity index (χ0) is 102. The van der Waals surface area contributed by atoms with Crippen LogP contribution in [0.2, 0.25) is 0 Å². The lowest BCUT2D eigenvalue weighted by Gasteiger charge is -2.46. The molecule has 614 valence electrons. The quantitative estimate of drug-likeness (QED) is 0.121. The fourth-order valence-electron chi connectivity index (χ4n) is 18.2. The number of hydrogen-bond donors (Lipinski definition) is 0. The van der Waals surface area contributed by atoms with E-state index in [4.69, 9.17) is 17.7 Å². The third-order valence-electron chi connectivity index (χ3n) is 25.1. The van der Waals surface area contributed by atoms with Crippen LogP contribution in [0.15, 0.2) is 327 Å². The number of benzene rings is 15. The van der Waals surface area contributed by atoms with Gasteiger partial charge in [-0.2, -0.15) is 0 Å². The number of aromatic nitrogens is 5. The Labute approximate surface area is 763 Å². The van der Waals surface area contributed by atoms with Gasteiger partial charge in [-0.15, -0.1) is 0 Å². The van der Waals surface area contributed by atoms with Crippen LogP contribution in [0.1, 0.15) is 183 Å². The van der Waals surface area contributed by atoms with E-state index in [-0.39, 0.29) is 49.7 Å². The van der Waals surface area contributed by atoms with Gasteiger partial charge in [0, 0.05) is 83.4 Å². The van der Waals surface area contributed by atoms with Crippen LogP contribution >= 0.6 is 0 Å². The van der Waals surface area contributed by atoms with Crippen LogP contribution in [0.3, 0.4) is 0 Å². The second-order valence-corrected chi connectivity index (χ2v) is 39.6. The summed E-state index contributed by atoms with van der Waals surface area (Å²) in [6, 6.07) is 64.6. The molecule has 5 heterocycles. The smallest absolute Gasteiger partial charge is 0.252 e. The van der Waals surface area contributed by atoms with Crippen LogP contribution < -0.4 is 26.2 Å². The molecule has 0 aliphatic carbocycles. The summed E-state index contributed by atoms with van der Waals surface area (Å²) in [6.45, 7) is 38.5. The lowest BCUT2D eigenvalue weighted by atomic mass is 9.33. The topological polar surface area (TPSA) is 55.0 Å². The van der Waals surface area contributed by atoms with Gasteiger partial charge in [0.05, 0.1) is 63.8 Å². The average Bonchev–Trinajstić information content (AvgIpc) is 1.59. The largest absolute Gasteiger partial charge is 0.310 e. The van der Waals surface area contributed by atoms with E-state index in [9.17, 15) is 21.9 Å². The van der Waals surface area contributed by atoms with Gasteiger partial charge in [0.15, 0.2) is 17.5 Å². The van der Waals surface area contributed by atoms with Gasteiger partial charge in [-0.1, -0.05) is 361 Å². The summed E-state index contributed by atoms with van der Waals surface area (Å²) in [4.78, 5) is 20.3. The molecule has 0 bridgehead atoms. The molecule has 0 amide bonds. The van der Waals surface area contributed by atoms with Crippen molar-refractivity contribution < 1.29 is 24.7 Å². The van der Waals surface area contributed by atoms with Crippen LogP contribution in [0.25, 0.3) is 134 Å². The summed E-state index contributed by atoms with van der Waals surface area (Å²) < 4.78 is 178. The Morgan fingerprint density at radius 3 is 1.04 bits per heavy atom. The van der Waals surface area contributed by atoms with Crippen molar-refractivity contribution in [3.63, 3.8) is 0 Å². The van der Waals surface area contributed by atoms with Gasteiger partial charge in [-0.05, 0) is 201 Å². The fraction of sp³-hybridized carbons (Fsp3) is 0.205. The molecule has 7 nitrogen and oxygen atoms in total. The first kappa shape index (κ1) is 61.8. The Bertz CT molecular complexity index is 8120. The summed E-state index contributed by atoms with van der Waals surface area (Å²) in [5.41, 5.74) is 16.9. The van der Waals surface area contributed by atoms with Crippen molar-refractivity contribution in [2.75, 3.05) is 9.80 Å². The number of anilines is 6. The minimum Gasteiger partial charge on any atom is -0.310 e. The summed E-state index contributed by atoms with van der Waals surface area (Å²) in [6.07, 6.45) is 0. The van der Waals surface area contributed by atoms with Gasteiger partial charge in [-0.3, -0.25) is 0 Å². The highest BCUT2D eigenvalue weighted by atomic mass is 15.2. The molecule has 20 rings (SSSR count). The molecule has 8 heteroatoms. The molecule has 2 aliphatic heterocycles. The van der Waals surface area contributed by atoms with E-state index in [1.807, 2.05) is 84.9 Å². The lowest BCUT2D eigenvalue weighted by molar-refractivity contribution is 0.569. The maximum Gasteiger partial charge on any atom is 0.252 e. The highest BCUT2D eigenvalue weighted by molar-refractivity contribution is 7.00. The van der Waals surface area contributed by atoms with E-state index in [0.717, 1.165) is 99.6 Å². The van der Waals surface area contributed by atoms with Crippen LogP contribution in [-0.4, -0.2) is 30.8 Å². The maximum absolute atomic E-state index is 10.5. The van der Waals surface area contributed by atoms with E-state index in [0.29, 0.717) is 56.3 Å². The van der Waals surface area contributed by atoms with Crippen LogP contribution in [0.4, 0.5) is 34.1 Å². The highest BCUT2D eigenvalue weighted by Gasteiger charge is 2.47. The first-order valence-corrected chi connectivity index (χ1v) is 43.0. The minimum absolute atomic E-state index is 0.156. The van der Waals surface area contributed by atoms with Crippen molar-refractivity contribution >= 4 is 101 Å². The SMILES string of the molecule is [2H]c1c([2H])c([2H])c(-c2nc(-c3cc(C(C)(C)C)cc(-c4ccccc4)c3N3c4cc(-c5cc(C(C)(C)C)cc(C(C)(C)C)c5)ccc4B4c5ccc(-n6c7ccc(C(C)(C)C)cc7c7cc(C(C)(C)C)ccc76)cc5N(c5c(-c6ccccc6)cc(C(C)(C)C)cc5-c5ccccc5)c5cc(-n6c7c([2H])c([2H])c([2H])c([2H])c7c7c([2H])c([2H])c([2H])c([2H])c76)cc3c54)nc(-c3c([2H])c([2H])c([2H])c([2H])c3[2H])n2)c([2H])c1[2H]. The molecule has 2 aliphatic rings. The summed E-state index contributed by atoms with van der Waals surface area (Å²) in [5.74, 6) is -1.26. The second kappa shape index (κ2) is 29.7. The first-order valence-electron chi connectivity index (χ1n) is 52.0. The monoisotopic (exact) mass is 1640 g/mol. The Morgan fingerprint density at radius 1 is 0.248 bits per heavy atom. The number of hydrogen-bond acceptors (Lipinski definition) is 5. The van der Waals surface area contributed by atoms with E-state index < -0.39 is 160 Å². The zero-order valence-electron chi connectivity index (χ0n) is 92.0. The van der Waals surface area contributed by atoms with Crippen LogP contribution in [0.5, 0.6) is 0 Å². The summed E-state index contributed by atoms with van der Waals surface area (Å²) >= 11 is 0. The van der Waals surface area contributed by atoms with Crippen molar-refractivity contribution in [2.45, 2.75) is 157 Å². The van der Waals surface area contributed by atoms with E-state index in [1.54, 1.807) is 4.57 Å². The van der Waals surface area contributed by atoms with Crippen molar-refractivity contribution in [1.29, 1.82) is 0 Å². The van der Waals surface area contributed by atoms with Crippen molar-refractivity contribution in [1.82, 2.24) is 24.1 Å². The molecule has 0 N–H and O–H groups in total. The van der Waals surface area contributed by atoms with Gasteiger partial charge in [0.1, 0.15) is 0 Å². The molecule has 0 saturated heterocycles. The standard InChI is InChI=1S/C117H108BN7/c1-112(2,3)80-53-58-100-93(64-80)94-65-81(113(4,5)6)54-59-101(94)122(100)86-55-57-97-103(70-86)125(107-90(73-38-24-19-25-39-73)66-84(116(13,14)15)67-91(107)74-40-26-20-27-41-74)105-72-87(123-98-50-36-34-48-88(98)89-49-35-37-51-99(89)123)71-104-106(105)118(97)96-56-52-78(79-60-82(114(7,8)9)63-83(61-79)115(10,11)12)62-102(96)124(104)108-92(75-42-28-21-29-43-75)68-85(117(16,17)18)69-95(108)111-120-109(76-44-30-22-31-45-76)119-110(121-111)77-46-32-23-33-47-77/h19-72H,1-18H3/i22D,23D,30D,31D,32D,33D,34D,35D,36D,37D,44D,45D,46D,47D,48D,49D,50D,51D. The highest BCUT2D eigenvalue weighted by Crippen LogP contribution is 2.57. The molecule has 0 atom stereocenters. The molecule has 15 aromatic carbocycles. The summed E-state index contributed by atoms with van der Waals surface area (Å²) in [5, 5.41) is 1.79. The van der Waals surface area contributed by atoms with Crippen molar-refractivity contribution in [3.05, 3.63) is 361 Å². The molecular formula is C117H108BN7. The zero-order valence-corrected chi connectivity index (χ0v) is 74.0. The predicted octanol–water partition coefficient (Wildman–Crippen LogP) is 29.6. The third-order valence-corrected chi connectivity index (χ3v) is 25.1. The molecule has 3 aromatic heterocycles. The van der Waals surface area contributed by atoms with E-state index in [2.05, 4.69) is 272 Å². The summed E-state index contributed by atoms with van der Waals surface area (Å²) in [7, 11) is 0. The van der Waals surface area contributed by atoms with Crippen molar-refractivity contribution in [2.24, 2.45) is 0 Å². The van der Waals surface area contributed by atoms with Crippen molar-refractivity contribution in [3.8, 4) is 90.0 Å². The van der Waals surface area contributed by atoms with Crippen LogP contribution in [0, 0.1) is 0 Å². The Morgan fingerprint density at radius 2 is 0.608 bits per heavy atom. The number of fused-ring (bicyclic) bond motifs is 10. The molecule has 0 saturated carbocycles.